The molecule has 2 N–H and O–H groups in total. The predicted octanol–water partition coefficient (Wildman–Crippen LogP) is 7.17. The monoisotopic (exact) mass is 423 g/mol. The number of nitrogens with zero attached hydrogens (tertiary/aromatic N) is 1. The molecule has 2 aromatic rings. The second kappa shape index (κ2) is 12.8. The summed E-state index contributed by atoms with van der Waals surface area (Å²) in [6.07, 6.45) is 11.3. The molecule has 0 spiro atoms. The smallest absolute Gasteiger partial charge is 0.0482 e. The second-order valence-electron chi connectivity index (χ2n) is 7.36. The lowest BCUT2D eigenvalue weighted by molar-refractivity contribution is 0.958. The van der Waals surface area contributed by atoms with Gasteiger partial charge >= 0.3 is 0 Å². The molecule has 0 bridgehead atoms. The molecule has 3 nitrogen and oxygen atoms in total. The molecule has 0 saturated carbocycles. The SMILES string of the molecule is C=C/C=C\C=C(/C)CNC(=C)c1c(NC(C)=C(C=C)C=NC)cccc1-c1ccccc1. The molecule has 0 aromatic heterocycles. The minimum atomic E-state index is 0.693. The van der Waals surface area contributed by atoms with Crippen molar-refractivity contribution in [1.82, 2.24) is 5.32 Å². The lowest BCUT2D eigenvalue weighted by atomic mass is 9.96. The van der Waals surface area contributed by atoms with E-state index in [1.54, 1.807) is 25.4 Å². The Bertz CT molecular complexity index is 1070. The zero-order chi connectivity index (χ0) is 23.3. The van der Waals surface area contributed by atoms with Crippen LogP contribution in [0.4, 0.5) is 5.69 Å². The first-order chi connectivity index (χ1) is 15.5. The summed E-state index contributed by atoms with van der Waals surface area (Å²) < 4.78 is 0. The molecule has 0 radical (unpaired) electrons. The highest BCUT2D eigenvalue weighted by Crippen LogP contribution is 2.34. The van der Waals surface area contributed by atoms with Gasteiger partial charge in [-0.05, 0) is 31.0 Å². The lowest BCUT2D eigenvalue weighted by Gasteiger charge is -2.20. The zero-order valence-corrected chi connectivity index (χ0v) is 19.4. The normalized spacial score (nSPS) is 12.5. The maximum Gasteiger partial charge on any atom is 0.0482 e. The predicted molar refractivity (Wildman–Crippen MR) is 143 cm³/mol. The van der Waals surface area contributed by atoms with Gasteiger partial charge in [-0.15, -0.1) is 0 Å². The molecule has 0 amide bonds. The van der Waals surface area contributed by atoms with E-state index in [1.807, 2.05) is 37.3 Å². The van der Waals surface area contributed by atoms with Crippen molar-refractivity contribution in [2.45, 2.75) is 13.8 Å². The third-order valence-corrected chi connectivity index (χ3v) is 4.90. The third-order valence-electron chi connectivity index (χ3n) is 4.90. The average Bonchev–Trinajstić information content (AvgIpc) is 2.81. The molecule has 0 heterocycles. The minimum Gasteiger partial charge on any atom is -0.381 e. The van der Waals surface area contributed by atoms with E-state index in [1.165, 1.54) is 5.57 Å². The largest absolute Gasteiger partial charge is 0.381 e. The molecule has 0 fully saturated rings. The van der Waals surface area contributed by atoms with Crippen LogP contribution in [-0.2, 0) is 0 Å². The Morgan fingerprint density at radius 2 is 1.75 bits per heavy atom. The van der Waals surface area contributed by atoms with E-state index in [4.69, 9.17) is 0 Å². The van der Waals surface area contributed by atoms with E-state index in [0.29, 0.717) is 6.54 Å². The van der Waals surface area contributed by atoms with Gasteiger partial charge in [0.2, 0.25) is 0 Å². The van der Waals surface area contributed by atoms with Gasteiger partial charge in [0.1, 0.15) is 0 Å². The first-order valence-electron chi connectivity index (χ1n) is 10.6. The Kier molecular flexibility index (Phi) is 9.73. The molecule has 32 heavy (non-hydrogen) atoms. The summed E-state index contributed by atoms with van der Waals surface area (Å²) in [5, 5.41) is 7.04. The molecular formula is C29H33N3. The van der Waals surface area contributed by atoms with Crippen LogP contribution in [0.1, 0.15) is 19.4 Å². The number of allylic oxidation sites excluding steroid dienone is 7. The number of nitrogens with one attached hydrogen (secondary N) is 2. The van der Waals surface area contributed by atoms with E-state index in [9.17, 15) is 0 Å². The number of hydrogen-bond acceptors (Lipinski definition) is 3. The van der Waals surface area contributed by atoms with Crippen LogP contribution in [-0.4, -0.2) is 19.8 Å². The fourth-order valence-electron chi connectivity index (χ4n) is 3.25. The molecule has 0 aliphatic rings. The van der Waals surface area contributed by atoms with Gasteiger partial charge in [-0.3, -0.25) is 4.99 Å². The van der Waals surface area contributed by atoms with Crippen molar-refractivity contribution in [3.05, 3.63) is 121 Å². The van der Waals surface area contributed by atoms with Crippen LogP contribution >= 0.6 is 0 Å². The Morgan fingerprint density at radius 3 is 2.41 bits per heavy atom. The van der Waals surface area contributed by atoms with Gasteiger partial charge in [0, 0.05) is 48.0 Å². The van der Waals surface area contributed by atoms with Crippen molar-refractivity contribution in [2.75, 3.05) is 18.9 Å². The fourth-order valence-corrected chi connectivity index (χ4v) is 3.25. The number of benzene rings is 2. The number of anilines is 1. The third kappa shape index (κ3) is 6.85. The first-order valence-corrected chi connectivity index (χ1v) is 10.6. The standard InChI is InChI=1S/C29H33N3/c1-7-9-11-15-22(3)20-31-24(5)29-27(26-16-12-10-13-17-26)18-14-19-28(29)32-23(4)25(8-2)21-30-6/h7-19,21,31-32H,1-2,5,20H2,3-4,6H3/b11-9-,22-15+,25-23?,30-21?. The van der Waals surface area contributed by atoms with Gasteiger partial charge in [0.25, 0.3) is 0 Å². The molecule has 2 aromatic carbocycles. The van der Waals surface area contributed by atoms with Gasteiger partial charge in [-0.25, -0.2) is 0 Å². The van der Waals surface area contributed by atoms with Crippen molar-refractivity contribution in [3.8, 4) is 11.1 Å². The molecular weight excluding hydrogens is 390 g/mol. The first kappa shape index (κ1) is 24.4. The minimum absolute atomic E-state index is 0.693. The maximum atomic E-state index is 4.37. The van der Waals surface area contributed by atoms with E-state index in [2.05, 4.69) is 78.7 Å². The van der Waals surface area contributed by atoms with Crippen molar-refractivity contribution in [3.63, 3.8) is 0 Å². The summed E-state index contributed by atoms with van der Waals surface area (Å²) in [5.74, 6) is 0. The lowest BCUT2D eigenvalue weighted by Crippen LogP contribution is -2.16. The summed E-state index contributed by atoms with van der Waals surface area (Å²) in [6.45, 7) is 16.8. The van der Waals surface area contributed by atoms with Crippen LogP contribution < -0.4 is 10.6 Å². The molecule has 0 saturated heterocycles. The van der Waals surface area contributed by atoms with E-state index >= 15 is 0 Å². The Balaban J connectivity index is 2.48. The van der Waals surface area contributed by atoms with Gasteiger partial charge in [0.15, 0.2) is 0 Å². The van der Waals surface area contributed by atoms with Gasteiger partial charge in [-0.2, -0.15) is 0 Å². The summed E-state index contributed by atoms with van der Waals surface area (Å²) in [7, 11) is 1.75. The summed E-state index contributed by atoms with van der Waals surface area (Å²) >= 11 is 0. The Morgan fingerprint density at radius 1 is 1.00 bits per heavy atom. The summed E-state index contributed by atoms with van der Waals surface area (Å²) in [6, 6.07) is 16.6. The van der Waals surface area contributed by atoms with Crippen LogP contribution in [0.2, 0.25) is 0 Å². The highest BCUT2D eigenvalue weighted by molar-refractivity contribution is 5.89. The molecule has 2 rings (SSSR count). The van der Waals surface area contributed by atoms with Crippen molar-refractivity contribution in [2.24, 2.45) is 4.99 Å². The molecule has 0 aliphatic carbocycles. The van der Waals surface area contributed by atoms with Gasteiger partial charge < -0.3 is 10.6 Å². The van der Waals surface area contributed by atoms with Gasteiger partial charge in [-0.1, -0.05) is 98.2 Å². The van der Waals surface area contributed by atoms with E-state index in [0.717, 1.165) is 39.3 Å². The summed E-state index contributed by atoms with van der Waals surface area (Å²) in [4.78, 5) is 4.13. The number of rotatable bonds is 11. The average molecular weight is 424 g/mol. The quantitative estimate of drug-likeness (QED) is 0.297. The topological polar surface area (TPSA) is 36.4 Å². The Labute approximate surface area is 193 Å². The van der Waals surface area contributed by atoms with Crippen LogP contribution in [0.15, 0.2) is 120 Å². The molecule has 164 valence electrons. The van der Waals surface area contributed by atoms with Crippen LogP contribution in [0.25, 0.3) is 16.8 Å². The highest BCUT2D eigenvalue weighted by atomic mass is 14.9. The maximum absolute atomic E-state index is 4.37. The number of aliphatic imine (C=N–C) groups is 1. The fraction of sp³-hybridized carbons (Fsp3) is 0.138. The van der Waals surface area contributed by atoms with Crippen molar-refractivity contribution in [1.29, 1.82) is 0 Å². The molecule has 0 unspecified atom stereocenters. The van der Waals surface area contributed by atoms with Crippen LogP contribution in [0.5, 0.6) is 0 Å². The van der Waals surface area contributed by atoms with Crippen molar-refractivity contribution >= 4 is 17.6 Å². The zero-order valence-electron chi connectivity index (χ0n) is 19.4. The second-order valence-corrected chi connectivity index (χ2v) is 7.36. The van der Waals surface area contributed by atoms with E-state index < -0.39 is 0 Å². The molecule has 0 atom stereocenters. The summed E-state index contributed by atoms with van der Waals surface area (Å²) in [5.41, 5.74) is 8.20. The molecule has 3 heteroatoms. The molecule has 0 aliphatic heterocycles. The van der Waals surface area contributed by atoms with Crippen LogP contribution in [0.3, 0.4) is 0 Å². The Hall–Kier alpha value is -3.85. The van der Waals surface area contributed by atoms with Crippen LogP contribution in [0, 0.1) is 0 Å². The van der Waals surface area contributed by atoms with E-state index in [-0.39, 0.29) is 0 Å². The van der Waals surface area contributed by atoms with Crippen molar-refractivity contribution < 1.29 is 0 Å². The highest BCUT2D eigenvalue weighted by Gasteiger charge is 2.14. The van der Waals surface area contributed by atoms with Gasteiger partial charge in [0.05, 0.1) is 0 Å². The number of hydrogen-bond donors (Lipinski definition) is 2.